The van der Waals surface area contributed by atoms with Crippen LogP contribution in [0.4, 0.5) is 11.4 Å². The van der Waals surface area contributed by atoms with Crippen LogP contribution >= 0.6 is 0 Å². The summed E-state index contributed by atoms with van der Waals surface area (Å²) in [5, 5.41) is 1.000. The lowest BCUT2D eigenvalue weighted by Crippen LogP contribution is -2.24. The number of ether oxygens (including phenoxy) is 1. The van der Waals surface area contributed by atoms with Gasteiger partial charge >= 0.3 is 0 Å². The zero-order chi connectivity index (χ0) is 22.2. The van der Waals surface area contributed by atoms with Gasteiger partial charge in [0.05, 0.1) is 34.4 Å². The van der Waals surface area contributed by atoms with Crippen molar-refractivity contribution in [1.82, 2.24) is 4.57 Å². The normalized spacial score (nSPS) is 15.8. The van der Waals surface area contributed by atoms with Crippen LogP contribution in [-0.2, 0) is 16.6 Å². The Kier molecular flexibility index (Phi) is 5.88. The number of nitrogen functional groups attached to an aromatic ring is 1. The monoisotopic (exact) mass is 441 g/mol. The maximum atomic E-state index is 12.2. The van der Waals surface area contributed by atoms with E-state index in [1.807, 2.05) is 36.4 Å². The first-order valence-corrected chi connectivity index (χ1v) is 12.7. The fourth-order valence-corrected chi connectivity index (χ4v) is 6.00. The van der Waals surface area contributed by atoms with Crippen LogP contribution in [0.25, 0.3) is 22.2 Å². The zero-order valence-electron chi connectivity index (χ0n) is 18.5. The number of sulfonamides is 1. The Labute approximate surface area is 184 Å². The number of anilines is 2. The van der Waals surface area contributed by atoms with Crippen LogP contribution in [0, 0.1) is 0 Å². The van der Waals surface area contributed by atoms with Crippen molar-refractivity contribution in [1.29, 1.82) is 0 Å². The molecule has 2 N–H and O–H groups in total. The van der Waals surface area contributed by atoms with Crippen molar-refractivity contribution in [3.8, 4) is 17.0 Å². The van der Waals surface area contributed by atoms with Crippen LogP contribution in [0.1, 0.15) is 40.0 Å². The Morgan fingerprint density at radius 1 is 1.06 bits per heavy atom. The summed E-state index contributed by atoms with van der Waals surface area (Å²) in [4.78, 5) is 0. The van der Waals surface area contributed by atoms with Crippen molar-refractivity contribution in [3.05, 3.63) is 42.5 Å². The van der Waals surface area contributed by atoms with Gasteiger partial charge in [0.2, 0.25) is 10.0 Å². The number of nitrogens with zero attached hydrogens (tertiary/aromatic N) is 2. The molecule has 0 atom stereocenters. The molecule has 0 unspecified atom stereocenters. The Balaban J connectivity index is 1.74. The van der Waals surface area contributed by atoms with E-state index in [2.05, 4.69) is 31.4 Å². The summed E-state index contributed by atoms with van der Waals surface area (Å²) in [7, 11) is -3.19. The summed E-state index contributed by atoms with van der Waals surface area (Å²) in [5.41, 5.74) is 11.0. The number of hydrogen-bond donors (Lipinski definition) is 1. The van der Waals surface area contributed by atoms with Crippen molar-refractivity contribution in [2.45, 2.75) is 52.7 Å². The van der Waals surface area contributed by atoms with Crippen LogP contribution in [0.3, 0.4) is 0 Å². The van der Waals surface area contributed by atoms with E-state index in [1.165, 1.54) is 4.31 Å². The molecule has 31 heavy (non-hydrogen) atoms. The molecule has 0 aliphatic carbocycles. The highest BCUT2D eigenvalue weighted by Gasteiger charge is 2.28. The van der Waals surface area contributed by atoms with Crippen molar-refractivity contribution >= 4 is 32.3 Å². The van der Waals surface area contributed by atoms with Crippen molar-refractivity contribution in [3.63, 3.8) is 0 Å². The van der Waals surface area contributed by atoms with E-state index >= 15 is 0 Å². The molecule has 4 rings (SSSR count). The molecule has 0 amide bonds. The van der Waals surface area contributed by atoms with Gasteiger partial charge in [-0.3, -0.25) is 4.31 Å². The Morgan fingerprint density at radius 3 is 2.35 bits per heavy atom. The predicted octanol–water partition coefficient (Wildman–Crippen LogP) is 5.02. The average Bonchev–Trinajstić information content (AvgIpc) is 3.27. The minimum absolute atomic E-state index is 0.203. The summed E-state index contributed by atoms with van der Waals surface area (Å²) in [6.07, 6.45) is 2.81. The van der Waals surface area contributed by atoms with Crippen LogP contribution in [0.5, 0.6) is 5.75 Å². The van der Waals surface area contributed by atoms with Gasteiger partial charge in [0, 0.05) is 30.1 Å². The fourth-order valence-electron chi connectivity index (χ4n) is 4.43. The van der Waals surface area contributed by atoms with Gasteiger partial charge in [0.15, 0.2) is 0 Å². The second-order valence-electron chi connectivity index (χ2n) is 8.03. The maximum Gasteiger partial charge on any atom is 0.235 e. The summed E-state index contributed by atoms with van der Waals surface area (Å²) in [6.45, 7) is 7.67. The number of aryl methyl sites for hydroxylation is 1. The first-order chi connectivity index (χ1) is 14.9. The fraction of sp³-hybridized carbons (Fsp3) is 0.417. The Bertz CT molecular complexity index is 1180. The molecule has 1 aliphatic rings. The van der Waals surface area contributed by atoms with Gasteiger partial charge < -0.3 is 15.0 Å². The predicted molar refractivity (Wildman–Crippen MR) is 128 cm³/mol. The third-order valence-electron chi connectivity index (χ3n) is 6.13. The van der Waals surface area contributed by atoms with Gasteiger partial charge in [-0.15, -0.1) is 0 Å². The lowest BCUT2D eigenvalue weighted by atomic mass is 10.1. The summed E-state index contributed by atoms with van der Waals surface area (Å²) < 4.78 is 34.3. The first kappa shape index (κ1) is 21.6. The molecule has 166 valence electrons. The molecule has 0 spiro atoms. The van der Waals surface area contributed by atoms with E-state index in [0.29, 0.717) is 18.7 Å². The van der Waals surface area contributed by atoms with Gasteiger partial charge in [-0.2, -0.15) is 0 Å². The van der Waals surface area contributed by atoms with E-state index in [-0.39, 0.29) is 11.9 Å². The molecule has 1 saturated heterocycles. The van der Waals surface area contributed by atoms with Gasteiger partial charge in [-0.25, -0.2) is 8.42 Å². The molecule has 7 heteroatoms. The minimum Gasteiger partial charge on any atom is -0.490 e. The number of rotatable bonds is 7. The van der Waals surface area contributed by atoms with Gasteiger partial charge in [0.1, 0.15) is 5.75 Å². The molecule has 1 aliphatic heterocycles. The van der Waals surface area contributed by atoms with E-state index in [1.54, 1.807) is 0 Å². The highest BCUT2D eigenvalue weighted by Crippen LogP contribution is 2.38. The lowest BCUT2D eigenvalue weighted by molar-refractivity contribution is 0.193. The first-order valence-electron chi connectivity index (χ1n) is 11.1. The van der Waals surface area contributed by atoms with Crippen molar-refractivity contribution < 1.29 is 13.2 Å². The molecule has 6 nitrogen and oxygen atoms in total. The molecule has 1 fully saturated rings. The number of benzene rings is 2. The highest BCUT2D eigenvalue weighted by atomic mass is 32.2. The Hall–Kier alpha value is -2.67. The van der Waals surface area contributed by atoms with E-state index in [4.69, 9.17) is 10.5 Å². The molecule has 3 aromatic rings. The number of hydrogen-bond acceptors (Lipinski definition) is 4. The van der Waals surface area contributed by atoms with Crippen LogP contribution < -0.4 is 14.8 Å². The number of nitrogens with two attached hydrogens (primary N) is 1. The third-order valence-corrected chi connectivity index (χ3v) is 8.00. The quantitative estimate of drug-likeness (QED) is 0.559. The third kappa shape index (κ3) is 3.87. The van der Waals surface area contributed by atoms with Crippen LogP contribution in [0.15, 0.2) is 42.5 Å². The topological polar surface area (TPSA) is 77.6 Å². The largest absolute Gasteiger partial charge is 0.490 e. The van der Waals surface area contributed by atoms with E-state index in [0.717, 1.165) is 53.0 Å². The molecular formula is C24H31N3O3S. The van der Waals surface area contributed by atoms with E-state index in [9.17, 15) is 8.42 Å². The standard InChI is InChI=1S/C24H31N3O3S/c1-4-19(5-2)30-20-12-13-21-22(16-20)26(6-3)24(23(21)25)17-8-10-18(11-9-17)27-14-7-15-31(27,28)29/h8-13,16,19H,4-7,14-15,25H2,1-3H3. The second kappa shape index (κ2) is 8.46. The SMILES string of the molecule is CCC(CC)Oc1ccc2c(N)c(-c3ccc(N4CCCS4(=O)=O)cc3)n(CC)c2c1. The van der Waals surface area contributed by atoms with Crippen molar-refractivity contribution in [2.75, 3.05) is 22.3 Å². The molecule has 1 aromatic heterocycles. The molecular weight excluding hydrogens is 410 g/mol. The van der Waals surface area contributed by atoms with Crippen LogP contribution in [0.2, 0.25) is 0 Å². The molecule has 0 radical (unpaired) electrons. The molecule has 2 heterocycles. The van der Waals surface area contributed by atoms with Crippen molar-refractivity contribution in [2.24, 2.45) is 0 Å². The zero-order valence-corrected chi connectivity index (χ0v) is 19.3. The summed E-state index contributed by atoms with van der Waals surface area (Å²) >= 11 is 0. The van der Waals surface area contributed by atoms with Crippen LogP contribution in [-0.4, -0.2) is 31.4 Å². The second-order valence-corrected chi connectivity index (χ2v) is 10.0. The smallest absolute Gasteiger partial charge is 0.235 e. The van der Waals surface area contributed by atoms with Gasteiger partial charge in [-0.05, 0) is 50.5 Å². The minimum atomic E-state index is -3.19. The lowest BCUT2D eigenvalue weighted by Gasteiger charge is -2.17. The molecule has 0 saturated carbocycles. The highest BCUT2D eigenvalue weighted by molar-refractivity contribution is 7.93. The number of fused-ring (bicyclic) bond motifs is 1. The average molecular weight is 442 g/mol. The summed E-state index contributed by atoms with van der Waals surface area (Å²) in [5.74, 6) is 1.07. The van der Waals surface area contributed by atoms with Gasteiger partial charge in [-0.1, -0.05) is 26.0 Å². The summed E-state index contributed by atoms with van der Waals surface area (Å²) in [6, 6.07) is 13.8. The van der Waals surface area contributed by atoms with Gasteiger partial charge in [0.25, 0.3) is 0 Å². The number of aromatic nitrogens is 1. The Morgan fingerprint density at radius 2 is 1.77 bits per heavy atom. The molecule has 2 aromatic carbocycles. The maximum absolute atomic E-state index is 12.2. The van der Waals surface area contributed by atoms with E-state index < -0.39 is 10.0 Å². The molecule has 0 bridgehead atoms.